The maximum absolute atomic E-state index is 5.92. The summed E-state index contributed by atoms with van der Waals surface area (Å²) in [7, 11) is 0. The smallest absolute Gasteiger partial charge is 0.224 e. The Hall–Kier alpha value is -2.05. The van der Waals surface area contributed by atoms with E-state index in [-0.39, 0.29) is 5.28 Å². The number of aromatic nitrogens is 3. The molecule has 1 saturated heterocycles. The number of ether oxygens (including phenoxy) is 1. The Morgan fingerprint density at radius 2 is 2.07 bits per heavy atom. The summed E-state index contributed by atoms with van der Waals surface area (Å²) in [6.07, 6.45) is 11.7. The van der Waals surface area contributed by atoms with E-state index in [4.69, 9.17) is 16.3 Å². The lowest BCUT2D eigenvalue weighted by atomic mass is 10.1. The van der Waals surface area contributed by atoms with Gasteiger partial charge in [-0.2, -0.15) is 4.98 Å². The van der Waals surface area contributed by atoms with E-state index in [2.05, 4.69) is 39.1 Å². The third-order valence-electron chi connectivity index (χ3n) is 4.02. The minimum atomic E-state index is 0.202. The Bertz CT molecular complexity index is 718. The molecular weight excluding hydrogens is 362 g/mol. The Morgan fingerprint density at radius 3 is 2.67 bits per heavy atom. The number of unbranched alkanes of at least 4 members (excludes halogenated alkanes) is 1. The molecule has 3 rings (SSSR count). The van der Waals surface area contributed by atoms with Gasteiger partial charge in [-0.25, -0.2) is 4.98 Å². The minimum absolute atomic E-state index is 0.202. The molecule has 1 atom stereocenters. The average molecular weight is 390 g/mol. The molecule has 0 amide bonds. The number of nitrogens with one attached hydrogen (secondary N) is 1. The maximum atomic E-state index is 5.92. The van der Waals surface area contributed by atoms with Crippen LogP contribution in [-0.4, -0.2) is 33.9 Å². The molecule has 1 fully saturated rings. The van der Waals surface area contributed by atoms with Crippen LogP contribution in [-0.2, 0) is 4.74 Å². The van der Waals surface area contributed by atoms with Gasteiger partial charge in [-0.15, -0.1) is 0 Å². The third kappa shape index (κ3) is 7.61. The Balaban J connectivity index is 0.000000313. The van der Waals surface area contributed by atoms with Crippen molar-refractivity contribution < 1.29 is 4.74 Å². The van der Waals surface area contributed by atoms with Crippen molar-refractivity contribution in [3.8, 4) is 0 Å². The van der Waals surface area contributed by atoms with E-state index >= 15 is 0 Å². The molecule has 1 N–H and O–H groups in total. The molecule has 2 aromatic rings. The van der Waals surface area contributed by atoms with Crippen molar-refractivity contribution in [1.82, 2.24) is 15.0 Å². The number of aliphatic imine (C=N–C) groups is 1. The predicted octanol–water partition coefficient (Wildman–Crippen LogP) is 5.65. The Labute approximate surface area is 166 Å². The van der Waals surface area contributed by atoms with Crippen molar-refractivity contribution in [2.24, 2.45) is 4.99 Å². The largest absolute Gasteiger partial charge is 0.379 e. The van der Waals surface area contributed by atoms with Gasteiger partial charge in [-0.1, -0.05) is 13.3 Å². The fraction of sp³-hybridized carbons (Fsp3) is 0.500. The first-order valence-electron chi connectivity index (χ1n) is 9.45. The lowest BCUT2D eigenvalue weighted by Crippen LogP contribution is -2.14. The number of hydrogen-bond donors (Lipinski definition) is 1. The zero-order chi connectivity index (χ0) is 19.5. The maximum Gasteiger partial charge on any atom is 0.224 e. The lowest BCUT2D eigenvalue weighted by molar-refractivity contribution is 0.0285. The lowest BCUT2D eigenvalue weighted by Gasteiger charge is -2.17. The first kappa shape index (κ1) is 21.3. The zero-order valence-corrected chi connectivity index (χ0v) is 17.0. The molecular formula is C20H28ClN5O. The molecule has 2 aromatic heterocycles. The fourth-order valence-corrected chi connectivity index (χ4v) is 2.74. The standard InChI is InChI=1S/C14H16ClN5.C6H12O/c1-3-4-7-17-12-10(2)18-14(15)20-13(12)19-11-5-8-16-9-6-11;1-6-4-2-3-5-7-6/h5-9H,3-4H2,1-2H3,(H,16,18,19,20);6H,2-5H2,1H3. The first-order chi connectivity index (χ1) is 13.1. The second-order valence-electron chi connectivity index (χ2n) is 6.41. The topological polar surface area (TPSA) is 72.3 Å². The van der Waals surface area contributed by atoms with Gasteiger partial charge in [-0.05, 0) is 63.3 Å². The van der Waals surface area contributed by atoms with E-state index in [1.54, 1.807) is 12.4 Å². The molecule has 0 bridgehead atoms. The summed E-state index contributed by atoms with van der Waals surface area (Å²) in [6, 6.07) is 3.70. The summed E-state index contributed by atoms with van der Waals surface area (Å²) in [4.78, 5) is 16.8. The van der Waals surface area contributed by atoms with Crippen molar-refractivity contribution in [1.29, 1.82) is 0 Å². The highest BCUT2D eigenvalue weighted by Gasteiger charge is 2.10. The van der Waals surface area contributed by atoms with E-state index < -0.39 is 0 Å². The molecule has 6 nitrogen and oxygen atoms in total. The molecule has 1 aliphatic rings. The van der Waals surface area contributed by atoms with E-state index in [0.29, 0.717) is 17.6 Å². The van der Waals surface area contributed by atoms with Crippen LogP contribution in [0.25, 0.3) is 0 Å². The number of hydrogen-bond acceptors (Lipinski definition) is 6. The van der Waals surface area contributed by atoms with Crippen LogP contribution >= 0.6 is 11.6 Å². The fourth-order valence-electron chi connectivity index (χ4n) is 2.53. The van der Waals surface area contributed by atoms with Gasteiger partial charge in [0.05, 0.1) is 11.8 Å². The average Bonchev–Trinajstić information content (AvgIpc) is 2.66. The third-order valence-corrected chi connectivity index (χ3v) is 4.19. The molecule has 146 valence electrons. The van der Waals surface area contributed by atoms with Gasteiger partial charge < -0.3 is 10.1 Å². The number of rotatable bonds is 5. The molecule has 0 aromatic carbocycles. The Morgan fingerprint density at radius 1 is 1.30 bits per heavy atom. The van der Waals surface area contributed by atoms with Crippen LogP contribution < -0.4 is 5.32 Å². The number of nitrogens with zero attached hydrogens (tertiary/aromatic N) is 4. The molecule has 1 aliphatic heterocycles. The molecule has 1 unspecified atom stereocenters. The summed E-state index contributed by atoms with van der Waals surface area (Å²) >= 11 is 5.92. The van der Waals surface area contributed by atoms with Gasteiger partial charge in [0.2, 0.25) is 5.28 Å². The van der Waals surface area contributed by atoms with Crippen molar-refractivity contribution in [2.45, 2.75) is 59.0 Å². The molecule has 0 saturated carbocycles. The number of anilines is 2. The van der Waals surface area contributed by atoms with Crippen LogP contribution in [0.2, 0.25) is 5.28 Å². The Kier molecular flexibility index (Phi) is 9.15. The molecule has 7 heteroatoms. The van der Waals surface area contributed by atoms with Crippen LogP contribution in [0.1, 0.15) is 51.6 Å². The summed E-state index contributed by atoms with van der Waals surface area (Å²) in [6.45, 7) is 7.09. The van der Waals surface area contributed by atoms with Crippen LogP contribution in [0, 0.1) is 6.92 Å². The van der Waals surface area contributed by atoms with Crippen LogP contribution in [0.4, 0.5) is 17.2 Å². The molecule has 0 spiro atoms. The molecule has 0 radical (unpaired) electrons. The van der Waals surface area contributed by atoms with Crippen LogP contribution in [0.3, 0.4) is 0 Å². The quantitative estimate of drug-likeness (QED) is 0.528. The summed E-state index contributed by atoms with van der Waals surface area (Å²) in [5, 5.41) is 3.39. The van der Waals surface area contributed by atoms with Gasteiger partial charge in [-0.3, -0.25) is 9.98 Å². The van der Waals surface area contributed by atoms with Crippen molar-refractivity contribution in [3.63, 3.8) is 0 Å². The number of aryl methyl sites for hydroxylation is 1. The second kappa shape index (κ2) is 11.6. The summed E-state index contributed by atoms with van der Waals surface area (Å²) < 4.78 is 5.28. The monoisotopic (exact) mass is 389 g/mol. The highest BCUT2D eigenvalue weighted by Crippen LogP contribution is 2.29. The predicted molar refractivity (Wildman–Crippen MR) is 112 cm³/mol. The van der Waals surface area contributed by atoms with Crippen molar-refractivity contribution >= 4 is 35.0 Å². The number of halogens is 1. The zero-order valence-electron chi connectivity index (χ0n) is 16.3. The van der Waals surface area contributed by atoms with Gasteiger partial charge in [0, 0.05) is 30.9 Å². The van der Waals surface area contributed by atoms with Crippen LogP contribution in [0.15, 0.2) is 29.5 Å². The van der Waals surface area contributed by atoms with Gasteiger partial charge in [0.1, 0.15) is 5.69 Å². The van der Waals surface area contributed by atoms with Gasteiger partial charge in [0.25, 0.3) is 0 Å². The molecule has 27 heavy (non-hydrogen) atoms. The van der Waals surface area contributed by atoms with Crippen molar-refractivity contribution in [2.75, 3.05) is 11.9 Å². The minimum Gasteiger partial charge on any atom is -0.379 e. The first-order valence-corrected chi connectivity index (χ1v) is 9.83. The van der Waals surface area contributed by atoms with Gasteiger partial charge in [0.15, 0.2) is 5.82 Å². The van der Waals surface area contributed by atoms with E-state index in [0.717, 1.165) is 30.8 Å². The second-order valence-corrected chi connectivity index (χ2v) is 6.75. The highest BCUT2D eigenvalue weighted by molar-refractivity contribution is 6.28. The van der Waals surface area contributed by atoms with E-state index in [1.165, 1.54) is 19.3 Å². The SMILES string of the molecule is CC1CCCCO1.CCCC=Nc1c(C)nc(Cl)nc1Nc1ccncc1. The molecule has 3 heterocycles. The summed E-state index contributed by atoms with van der Waals surface area (Å²) in [5.41, 5.74) is 2.33. The summed E-state index contributed by atoms with van der Waals surface area (Å²) in [5.74, 6) is 0.598. The van der Waals surface area contributed by atoms with E-state index in [9.17, 15) is 0 Å². The highest BCUT2D eigenvalue weighted by atomic mass is 35.5. The van der Waals surface area contributed by atoms with E-state index in [1.807, 2.05) is 25.3 Å². The van der Waals surface area contributed by atoms with Crippen LogP contribution in [0.5, 0.6) is 0 Å². The normalized spacial score (nSPS) is 16.7. The number of pyridine rings is 1. The molecule has 0 aliphatic carbocycles. The van der Waals surface area contributed by atoms with Gasteiger partial charge >= 0.3 is 0 Å². The van der Waals surface area contributed by atoms with Crippen molar-refractivity contribution in [3.05, 3.63) is 35.5 Å².